The fraction of sp³-hybridized carbons (Fsp3) is 0.360. The van der Waals surface area contributed by atoms with Gasteiger partial charge in [-0.2, -0.15) is 20.5 Å². The Balaban J connectivity index is 1.47. The van der Waals surface area contributed by atoms with Crippen molar-refractivity contribution < 1.29 is 19.0 Å². The number of phenolic OH excluding ortho intramolecular Hbond substituents is 2. The van der Waals surface area contributed by atoms with E-state index in [0.29, 0.717) is 44.5 Å². The first-order valence-corrected chi connectivity index (χ1v) is 20.9. The Kier molecular flexibility index (Phi) is 12.4. The minimum Gasteiger partial charge on any atom is -0.507 e. The quantitative estimate of drug-likeness (QED) is 0.141. The third-order valence-electron chi connectivity index (χ3n) is 10.4. The minimum atomic E-state index is -0.670. The van der Waals surface area contributed by atoms with E-state index in [1.807, 2.05) is 72.8 Å². The molecule has 2 N–H and O–H groups in total. The Morgan fingerprint density at radius 1 is 0.433 bits per heavy atom. The van der Waals surface area contributed by atoms with E-state index in [-0.39, 0.29) is 33.2 Å². The Labute approximate surface area is 364 Å². The molecule has 8 nitrogen and oxygen atoms in total. The van der Waals surface area contributed by atoms with Crippen LogP contribution in [0.4, 0.5) is 11.4 Å². The molecule has 0 aliphatic rings. The zero-order chi connectivity index (χ0) is 43.9. The van der Waals surface area contributed by atoms with E-state index < -0.39 is 12.1 Å². The first kappa shape index (κ1) is 44.4. The van der Waals surface area contributed by atoms with E-state index in [1.165, 1.54) is 0 Å². The molecule has 0 aliphatic heterocycles. The molecular formula is C50H56Cl2N4O4. The van der Waals surface area contributed by atoms with Crippen LogP contribution in [0.15, 0.2) is 126 Å². The number of hydrogen-bond acceptors (Lipinski definition) is 8. The highest BCUT2D eigenvalue weighted by atomic mass is 35.5. The molecule has 4 aromatic carbocycles. The van der Waals surface area contributed by atoms with E-state index in [4.69, 9.17) is 42.3 Å². The van der Waals surface area contributed by atoms with Crippen LogP contribution in [0.2, 0.25) is 10.0 Å². The van der Waals surface area contributed by atoms with Gasteiger partial charge in [-0.25, -0.2) is 0 Å². The maximum absolute atomic E-state index is 11.6. The topological polar surface area (TPSA) is 116 Å². The summed E-state index contributed by atoms with van der Waals surface area (Å²) in [5, 5.41) is 43.3. The Morgan fingerprint density at radius 3 is 0.983 bits per heavy atom. The molecular weight excluding hydrogens is 791 g/mol. The highest BCUT2D eigenvalue weighted by Gasteiger charge is 2.32. The van der Waals surface area contributed by atoms with Crippen LogP contribution < -0.4 is 0 Å². The predicted molar refractivity (Wildman–Crippen MR) is 243 cm³/mol. The standard InChI is InChI=1S/C50H56Cl2N4O4/c1-47(2,3)35-25-29(26-36(45(35)57)48(4,5)6)43(55-53-33-17-13-31(51)14-18-33)41-23-21-39(59-41)40-22-24-42(60-40)44(56-54-34-19-15-32(52)16-20-34)30-27-37(49(7,8)9)46(58)38(28-30)50(10,11)12/h13-28,43-44,57-58H,1-12H3. The highest BCUT2D eigenvalue weighted by molar-refractivity contribution is 6.30. The summed E-state index contributed by atoms with van der Waals surface area (Å²) in [7, 11) is 0. The van der Waals surface area contributed by atoms with Crippen molar-refractivity contribution in [2.45, 2.75) is 117 Å². The number of hydrogen-bond donors (Lipinski definition) is 2. The van der Waals surface area contributed by atoms with Crippen LogP contribution in [-0.2, 0) is 21.7 Å². The predicted octanol–water partition coefficient (Wildman–Crippen LogP) is 16.2. The lowest BCUT2D eigenvalue weighted by Gasteiger charge is -2.29. The van der Waals surface area contributed by atoms with E-state index in [1.54, 1.807) is 24.3 Å². The summed E-state index contributed by atoms with van der Waals surface area (Å²) < 4.78 is 13.3. The molecule has 0 aliphatic carbocycles. The maximum Gasteiger partial charge on any atom is 0.169 e. The molecule has 0 amide bonds. The van der Waals surface area contributed by atoms with Crippen LogP contribution in [0.3, 0.4) is 0 Å². The molecule has 60 heavy (non-hydrogen) atoms. The van der Waals surface area contributed by atoms with Crippen molar-refractivity contribution in [3.05, 3.63) is 152 Å². The molecule has 0 spiro atoms. The van der Waals surface area contributed by atoms with Crippen LogP contribution in [-0.4, -0.2) is 10.2 Å². The molecule has 314 valence electrons. The van der Waals surface area contributed by atoms with Gasteiger partial charge in [-0.15, -0.1) is 0 Å². The second-order valence-corrected chi connectivity index (χ2v) is 20.4. The van der Waals surface area contributed by atoms with E-state index in [9.17, 15) is 10.2 Å². The zero-order valence-corrected chi connectivity index (χ0v) is 38.2. The van der Waals surface area contributed by atoms with Crippen LogP contribution in [0.5, 0.6) is 11.5 Å². The average Bonchev–Trinajstić information content (AvgIpc) is 3.83. The second kappa shape index (κ2) is 16.7. The summed E-state index contributed by atoms with van der Waals surface area (Å²) in [6.45, 7) is 25.0. The third kappa shape index (κ3) is 10.0. The van der Waals surface area contributed by atoms with Gasteiger partial charge in [0, 0.05) is 10.0 Å². The minimum absolute atomic E-state index is 0.274. The molecule has 0 radical (unpaired) electrons. The molecule has 6 aromatic rings. The maximum atomic E-state index is 11.6. The highest BCUT2D eigenvalue weighted by Crippen LogP contribution is 2.46. The van der Waals surface area contributed by atoms with E-state index in [2.05, 4.69) is 93.3 Å². The van der Waals surface area contributed by atoms with Crippen molar-refractivity contribution in [3.8, 4) is 23.0 Å². The van der Waals surface area contributed by atoms with Crippen LogP contribution in [0, 0.1) is 0 Å². The number of halogens is 2. The van der Waals surface area contributed by atoms with Crippen molar-refractivity contribution in [1.82, 2.24) is 0 Å². The first-order valence-electron chi connectivity index (χ1n) is 20.2. The van der Waals surface area contributed by atoms with Gasteiger partial charge in [-0.05, 0) is 152 Å². The third-order valence-corrected chi connectivity index (χ3v) is 10.9. The number of benzene rings is 4. The number of furan rings is 2. The number of phenols is 2. The number of azo groups is 2. The second-order valence-electron chi connectivity index (χ2n) is 19.5. The van der Waals surface area contributed by atoms with Gasteiger partial charge in [0.2, 0.25) is 0 Å². The number of aromatic hydroxyl groups is 2. The molecule has 2 unspecified atom stereocenters. The van der Waals surface area contributed by atoms with Crippen molar-refractivity contribution >= 4 is 34.6 Å². The Bertz CT molecular complexity index is 2270. The lowest BCUT2D eigenvalue weighted by Crippen LogP contribution is -2.18. The molecule has 0 saturated carbocycles. The van der Waals surface area contributed by atoms with Gasteiger partial charge in [0.1, 0.15) is 23.0 Å². The molecule has 0 fully saturated rings. The van der Waals surface area contributed by atoms with Gasteiger partial charge in [0.15, 0.2) is 23.6 Å². The normalized spacial score (nSPS) is 14.0. The van der Waals surface area contributed by atoms with Crippen LogP contribution in [0.1, 0.15) is 140 Å². The Hall–Kier alpha value is -5.18. The fourth-order valence-corrected chi connectivity index (χ4v) is 7.27. The molecule has 2 atom stereocenters. The summed E-state index contributed by atoms with van der Waals surface area (Å²) in [4.78, 5) is 0. The Morgan fingerprint density at radius 2 is 0.717 bits per heavy atom. The largest absolute Gasteiger partial charge is 0.507 e. The summed E-state index contributed by atoms with van der Waals surface area (Å²) >= 11 is 12.4. The van der Waals surface area contributed by atoms with Crippen molar-refractivity contribution in [2.24, 2.45) is 20.5 Å². The smallest absolute Gasteiger partial charge is 0.169 e. The summed E-state index contributed by atoms with van der Waals surface area (Å²) in [5.74, 6) is 2.59. The van der Waals surface area contributed by atoms with Crippen molar-refractivity contribution in [1.29, 1.82) is 0 Å². The lowest BCUT2D eigenvalue weighted by atomic mass is 9.77. The van der Waals surface area contributed by atoms with Gasteiger partial charge >= 0.3 is 0 Å². The van der Waals surface area contributed by atoms with Gasteiger partial charge in [-0.3, -0.25) is 0 Å². The SMILES string of the molecule is CC(C)(C)c1cc(C(N=Nc2ccc(Cl)cc2)c2ccc(-c3ccc(C(N=Nc4ccc(Cl)cc4)c4cc(C(C)(C)C)c(O)c(C(C)(C)C)c4)o3)o2)cc(C(C)(C)C)c1O. The molecule has 10 heteroatoms. The monoisotopic (exact) mass is 846 g/mol. The van der Waals surface area contributed by atoms with Crippen LogP contribution in [0.25, 0.3) is 11.5 Å². The molecule has 6 rings (SSSR count). The van der Waals surface area contributed by atoms with Crippen molar-refractivity contribution in [3.63, 3.8) is 0 Å². The summed E-state index contributed by atoms with van der Waals surface area (Å²) in [5.41, 5.74) is 4.66. The molecule has 0 bridgehead atoms. The first-order chi connectivity index (χ1) is 27.9. The number of nitrogens with zero attached hydrogens (tertiary/aromatic N) is 4. The molecule has 2 aromatic heterocycles. The lowest BCUT2D eigenvalue weighted by molar-refractivity contribution is 0.419. The number of rotatable bonds is 9. The van der Waals surface area contributed by atoms with E-state index in [0.717, 1.165) is 33.4 Å². The van der Waals surface area contributed by atoms with E-state index >= 15 is 0 Å². The van der Waals surface area contributed by atoms with Crippen molar-refractivity contribution in [2.75, 3.05) is 0 Å². The summed E-state index contributed by atoms with van der Waals surface area (Å²) in [6, 6.07) is 28.4. The zero-order valence-electron chi connectivity index (χ0n) is 36.6. The average molecular weight is 848 g/mol. The summed E-state index contributed by atoms with van der Waals surface area (Å²) in [6.07, 6.45) is 0. The fourth-order valence-electron chi connectivity index (χ4n) is 7.02. The van der Waals surface area contributed by atoms with Gasteiger partial charge in [0.25, 0.3) is 0 Å². The van der Waals surface area contributed by atoms with Gasteiger partial charge in [0.05, 0.1) is 11.4 Å². The molecule has 0 saturated heterocycles. The van der Waals surface area contributed by atoms with Gasteiger partial charge in [-0.1, -0.05) is 106 Å². The van der Waals surface area contributed by atoms with Crippen LogP contribution >= 0.6 is 23.2 Å². The van der Waals surface area contributed by atoms with Gasteiger partial charge < -0.3 is 19.0 Å². The molecule has 2 heterocycles.